The molecule has 0 radical (unpaired) electrons. The SMILES string of the molecule is CC1(C)[C@H]2CC[C@]1(c1ccnc(-c3cnc(=O)[nH]c3)n1)c1nnc(-c3c(F)cccc3F)cc12. The van der Waals surface area contributed by atoms with Gasteiger partial charge in [0.15, 0.2) is 5.82 Å². The Labute approximate surface area is 193 Å². The molecule has 0 aliphatic heterocycles. The molecule has 2 aliphatic rings. The number of hydrogen-bond acceptors (Lipinski definition) is 6. The molecular formula is C25H20F2N6O. The standard InChI is InChI=1S/C25H20F2N6O/c1-24(2)15-6-8-25(24,19-7-9-28-22(31-19)13-11-29-23(34)30-12-13)21-14(15)10-18(32-33-21)20-16(26)4-3-5-17(20)27/h3-5,7,9-12,15H,6,8H2,1-2H3,(H,29,30,34)/t15-,25-/m0/s1. The average Bonchev–Trinajstić information content (AvgIpc) is 3.21. The molecule has 9 heteroatoms. The van der Waals surface area contributed by atoms with Gasteiger partial charge in [0.2, 0.25) is 0 Å². The van der Waals surface area contributed by atoms with Crippen LogP contribution in [0.5, 0.6) is 0 Å². The number of hydrogen-bond donors (Lipinski definition) is 1. The minimum absolute atomic E-state index is 0.139. The third-order valence-corrected chi connectivity index (χ3v) is 7.62. The van der Waals surface area contributed by atoms with Gasteiger partial charge < -0.3 is 4.98 Å². The van der Waals surface area contributed by atoms with Crippen molar-refractivity contribution < 1.29 is 8.78 Å². The van der Waals surface area contributed by atoms with E-state index in [1.807, 2.05) is 6.07 Å². The lowest BCUT2D eigenvalue weighted by Crippen LogP contribution is -2.38. The van der Waals surface area contributed by atoms with Gasteiger partial charge in [0.05, 0.1) is 33.6 Å². The molecule has 2 bridgehead atoms. The molecule has 0 saturated heterocycles. The van der Waals surface area contributed by atoms with Gasteiger partial charge in [-0.2, -0.15) is 5.10 Å². The van der Waals surface area contributed by atoms with Crippen LogP contribution >= 0.6 is 0 Å². The minimum atomic E-state index is -0.665. The van der Waals surface area contributed by atoms with Crippen LogP contribution in [0.1, 0.15) is 49.6 Å². The molecule has 2 aliphatic carbocycles. The molecule has 1 N–H and O–H groups in total. The summed E-state index contributed by atoms with van der Waals surface area (Å²) in [4.78, 5) is 26.9. The van der Waals surface area contributed by atoms with Crippen molar-refractivity contribution in [1.82, 2.24) is 30.1 Å². The van der Waals surface area contributed by atoms with E-state index in [1.54, 1.807) is 12.3 Å². The number of aromatic amines is 1. The summed E-state index contributed by atoms with van der Waals surface area (Å²) in [6.45, 7) is 4.36. The van der Waals surface area contributed by atoms with Gasteiger partial charge in [-0.1, -0.05) is 19.9 Å². The number of benzene rings is 1. The molecule has 1 aromatic carbocycles. The molecule has 6 rings (SSSR count). The first kappa shape index (κ1) is 20.7. The van der Waals surface area contributed by atoms with E-state index in [2.05, 4.69) is 39.0 Å². The highest BCUT2D eigenvalue weighted by Gasteiger charge is 2.65. The smallest absolute Gasteiger partial charge is 0.312 e. The van der Waals surface area contributed by atoms with Crippen LogP contribution in [0.4, 0.5) is 8.78 Å². The topological polar surface area (TPSA) is 97.3 Å². The Kier molecular flexibility index (Phi) is 4.30. The van der Waals surface area contributed by atoms with Crippen molar-refractivity contribution in [2.45, 2.75) is 38.0 Å². The van der Waals surface area contributed by atoms with Crippen LogP contribution in [0.15, 0.2) is 53.7 Å². The summed E-state index contributed by atoms with van der Waals surface area (Å²) in [5, 5.41) is 8.82. The van der Waals surface area contributed by atoms with Crippen molar-refractivity contribution in [3.05, 3.63) is 88.0 Å². The predicted octanol–water partition coefficient (Wildman–Crippen LogP) is 4.17. The van der Waals surface area contributed by atoms with Crippen LogP contribution in [0.2, 0.25) is 0 Å². The van der Waals surface area contributed by atoms with Crippen molar-refractivity contribution in [2.24, 2.45) is 5.41 Å². The van der Waals surface area contributed by atoms with E-state index < -0.39 is 22.7 Å². The zero-order chi connectivity index (χ0) is 23.7. The zero-order valence-corrected chi connectivity index (χ0v) is 18.5. The first-order valence-electron chi connectivity index (χ1n) is 11.0. The summed E-state index contributed by atoms with van der Waals surface area (Å²) >= 11 is 0. The Bertz CT molecular complexity index is 1480. The fourth-order valence-corrected chi connectivity index (χ4v) is 5.96. The molecule has 7 nitrogen and oxygen atoms in total. The van der Waals surface area contributed by atoms with Crippen LogP contribution in [-0.2, 0) is 5.41 Å². The average molecular weight is 458 g/mol. The molecule has 0 amide bonds. The molecule has 2 atom stereocenters. The summed E-state index contributed by atoms with van der Waals surface area (Å²) in [6, 6.07) is 7.44. The normalized spacial score (nSPS) is 22.1. The number of rotatable bonds is 3. The van der Waals surface area contributed by atoms with Crippen LogP contribution < -0.4 is 5.69 Å². The highest BCUT2D eigenvalue weighted by Crippen LogP contribution is 2.69. The van der Waals surface area contributed by atoms with Gasteiger partial charge in [-0.25, -0.2) is 28.5 Å². The summed E-state index contributed by atoms with van der Waals surface area (Å²) < 4.78 is 28.9. The number of nitrogens with zero attached hydrogens (tertiary/aromatic N) is 5. The second-order valence-corrected chi connectivity index (χ2v) is 9.42. The van der Waals surface area contributed by atoms with Crippen molar-refractivity contribution in [3.63, 3.8) is 0 Å². The fraction of sp³-hybridized carbons (Fsp3) is 0.280. The predicted molar refractivity (Wildman–Crippen MR) is 120 cm³/mol. The van der Waals surface area contributed by atoms with E-state index in [0.717, 1.165) is 29.8 Å². The van der Waals surface area contributed by atoms with E-state index in [4.69, 9.17) is 4.98 Å². The molecule has 3 heterocycles. The number of halogens is 2. The molecular weight excluding hydrogens is 438 g/mol. The maximum atomic E-state index is 14.4. The lowest BCUT2D eigenvalue weighted by atomic mass is 9.66. The minimum Gasteiger partial charge on any atom is -0.312 e. The van der Waals surface area contributed by atoms with Gasteiger partial charge in [-0.15, -0.1) is 5.10 Å². The van der Waals surface area contributed by atoms with Gasteiger partial charge in [0, 0.05) is 18.6 Å². The van der Waals surface area contributed by atoms with Gasteiger partial charge in [-0.3, -0.25) is 0 Å². The van der Waals surface area contributed by atoms with E-state index in [1.165, 1.54) is 30.6 Å². The van der Waals surface area contributed by atoms with Crippen LogP contribution in [0, 0.1) is 17.0 Å². The Morgan fingerprint density at radius 1 is 1.09 bits per heavy atom. The lowest BCUT2D eigenvalue weighted by Gasteiger charge is -2.37. The molecule has 3 aromatic heterocycles. The van der Waals surface area contributed by atoms with E-state index in [9.17, 15) is 13.6 Å². The zero-order valence-electron chi connectivity index (χ0n) is 18.5. The second-order valence-electron chi connectivity index (χ2n) is 9.42. The lowest BCUT2D eigenvalue weighted by molar-refractivity contribution is 0.243. The molecule has 1 fully saturated rings. The summed E-state index contributed by atoms with van der Waals surface area (Å²) in [5.41, 5.74) is 1.94. The third kappa shape index (κ3) is 2.66. The van der Waals surface area contributed by atoms with Gasteiger partial charge in [0.1, 0.15) is 11.6 Å². The maximum absolute atomic E-state index is 14.4. The summed E-state index contributed by atoms with van der Waals surface area (Å²) in [6.07, 6.45) is 6.38. The van der Waals surface area contributed by atoms with Crippen molar-refractivity contribution in [3.8, 4) is 22.6 Å². The third-order valence-electron chi connectivity index (χ3n) is 7.62. The highest BCUT2D eigenvalue weighted by atomic mass is 19.1. The highest BCUT2D eigenvalue weighted by molar-refractivity contribution is 5.64. The van der Waals surface area contributed by atoms with Crippen LogP contribution in [-0.4, -0.2) is 30.1 Å². The van der Waals surface area contributed by atoms with Crippen molar-refractivity contribution in [2.75, 3.05) is 0 Å². The molecule has 0 spiro atoms. The first-order chi connectivity index (χ1) is 16.3. The van der Waals surface area contributed by atoms with E-state index in [0.29, 0.717) is 11.4 Å². The maximum Gasteiger partial charge on any atom is 0.344 e. The Hall–Kier alpha value is -3.88. The largest absolute Gasteiger partial charge is 0.344 e. The molecule has 34 heavy (non-hydrogen) atoms. The molecule has 1 saturated carbocycles. The van der Waals surface area contributed by atoms with Gasteiger partial charge in [0.25, 0.3) is 0 Å². The summed E-state index contributed by atoms with van der Waals surface area (Å²) in [5.74, 6) is -0.747. The Balaban J connectivity index is 1.52. The quantitative estimate of drug-likeness (QED) is 0.495. The van der Waals surface area contributed by atoms with E-state index >= 15 is 0 Å². The number of H-pyrrole nitrogens is 1. The Morgan fingerprint density at radius 2 is 1.88 bits per heavy atom. The molecule has 4 aromatic rings. The van der Waals surface area contributed by atoms with Gasteiger partial charge >= 0.3 is 5.69 Å². The monoisotopic (exact) mass is 458 g/mol. The van der Waals surface area contributed by atoms with Crippen molar-refractivity contribution in [1.29, 1.82) is 0 Å². The van der Waals surface area contributed by atoms with E-state index in [-0.39, 0.29) is 22.6 Å². The molecule has 0 unspecified atom stereocenters. The number of nitrogens with one attached hydrogen (secondary N) is 1. The second kappa shape index (κ2) is 7.06. The Morgan fingerprint density at radius 3 is 2.62 bits per heavy atom. The number of aromatic nitrogens is 6. The van der Waals surface area contributed by atoms with Crippen LogP contribution in [0.3, 0.4) is 0 Å². The fourth-order valence-electron chi connectivity index (χ4n) is 5.96. The van der Waals surface area contributed by atoms with Crippen LogP contribution in [0.25, 0.3) is 22.6 Å². The molecule has 170 valence electrons. The summed E-state index contributed by atoms with van der Waals surface area (Å²) in [7, 11) is 0. The van der Waals surface area contributed by atoms with Crippen molar-refractivity contribution >= 4 is 0 Å². The first-order valence-corrected chi connectivity index (χ1v) is 11.0. The number of fused-ring (bicyclic) bond motifs is 5. The van der Waals surface area contributed by atoms with Gasteiger partial charge in [-0.05, 0) is 54.0 Å².